The summed E-state index contributed by atoms with van der Waals surface area (Å²) in [5.41, 5.74) is 0.339. The van der Waals surface area contributed by atoms with Gasteiger partial charge in [0.25, 0.3) is 0 Å². The fourth-order valence-electron chi connectivity index (χ4n) is 1.83. The van der Waals surface area contributed by atoms with E-state index in [-0.39, 0.29) is 5.54 Å². The maximum Gasteiger partial charge on any atom is 0.359 e. The second-order valence-electron chi connectivity index (χ2n) is 3.81. The first-order valence-corrected chi connectivity index (χ1v) is 14.5. The third-order valence-electron chi connectivity index (χ3n) is 2.70. The van der Waals surface area contributed by atoms with Gasteiger partial charge in [-0.25, -0.2) is 0 Å². The molecule has 0 aromatic heterocycles. The van der Waals surface area contributed by atoms with Crippen LogP contribution in [0.15, 0.2) is 22.8 Å². The van der Waals surface area contributed by atoms with E-state index in [1.807, 2.05) is 20.8 Å². The number of rotatable bonds is 2. The largest absolute Gasteiger partial charge is 0.359 e. The molecule has 1 rings (SSSR count). The van der Waals surface area contributed by atoms with E-state index in [9.17, 15) is 0 Å². The lowest BCUT2D eigenvalue weighted by atomic mass is 10.1. The van der Waals surface area contributed by atoms with E-state index in [1.165, 1.54) is 5.57 Å². The van der Waals surface area contributed by atoms with Gasteiger partial charge in [-0.2, -0.15) is 0 Å². The van der Waals surface area contributed by atoms with Gasteiger partial charge in [0, 0.05) is 5.54 Å². The highest BCUT2D eigenvalue weighted by Gasteiger charge is 2.59. The predicted octanol–water partition coefficient (Wildman–Crippen LogP) is 5.31. The number of halogens is 5. The monoisotopic (exact) mass is 338 g/mol. The average Bonchev–Trinajstić information content (AvgIpc) is 2.24. The van der Waals surface area contributed by atoms with Gasteiger partial charge in [0.1, 0.15) is 0 Å². The summed E-state index contributed by atoms with van der Waals surface area (Å²) in [6.07, 6.45) is -0.820. The molecule has 0 radical (unpaired) electrons. The minimum absolute atomic E-state index is 0.0417. The molecule has 0 aliphatic heterocycles. The van der Waals surface area contributed by atoms with E-state index in [1.54, 1.807) is 0 Å². The van der Waals surface area contributed by atoms with Crippen molar-refractivity contribution in [2.24, 2.45) is 0 Å². The van der Waals surface area contributed by atoms with Crippen LogP contribution in [0.2, 0.25) is 5.54 Å². The van der Waals surface area contributed by atoms with Crippen LogP contribution >= 0.6 is 55.4 Å². The molecule has 0 aromatic carbocycles. The van der Waals surface area contributed by atoms with Crippen molar-refractivity contribution < 1.29 is 0 Å². The molecule has 1 atom stereocenters. The van der Waals surface area contributed by atoms with Gasteiger partial charge < -0.3 is 0 Å². The molecular formula is C8H11Cl5Si2. The van der Waals surface area contributed by atoms with Crippen molar-refractivity contribution in [3.05, 3.63) is 22.8 Å². The van der Waals surface area contributed by atoms with Gasteiger partial charge in [0.05, 0.1) is 0 Å². The Balaban J connectivity index is 3.16. The maximum atomic E-state index is 6.37. The van der Waals surface area contributed by atoms with Crippen LogP contribution in [0.1, 0.15) is 20.8 Å². The standard InChI is InChI=1S/C8H11Cl5Si2/c1-5-4-6(2)8(7(5)3)14(9,10)15(11,12)13/h4,8H,1-3H3. The molecule has 0 aromatic rings. The molecule has 15 heavy (non-hydrogen) atoms. The van der Waals surface area contributed by atoms with Crippen molar-refractivity contribution in [3.8, 4) is 0 Å². The number of allylic oxidation sites excluding steroid dienone is 4. The predicted molar refractivity (Wildman–Crippen MR) is 76.7 cm³/mol. The lowest BCUT2D eigenvalue weighted by molar-refractivity contribution is 1.11. The second-order valence-corrected chi connectivity index (χ2v) is 27.0. The van der Waals surface area contributed by atoms with Crippen molar-refractivity contribution in [1.29, 1.82) is 0 Å². The molecule has 86 valence electrons. The molecule has 0 N–H and O–H groups in total. The molecule has 0 saturated heterocycles. The minimum Gasteiger partial charge on any atom is -0.144 e. The van der Waals surface area contributed by atoms with E-state index >= 15 is 0 Å². The normalized spacial score (nSPS) is 23.5. The van der Waals surface area contributed by atoms with Crippen LogP contribution in [0.3, 0.4) is 0 Å². The third-order valence-corrected chi connectivity index (χ3v) is 27.9. The Morgan fingerprint density at radius 1 is 1.00 bits per heavy atom. The maximum absolute atomic E-state index is 6.37. The van der Waals surface area contributed by atoms with Crippen molar-refractivity contribution in [1.82, 2.24) is 0 Å². The topological polar surface area (TPSA) is 0 Å². The van der Waals surface area contributed by atoms with E-state index in [4.69, 9.17) is 55.4 Å². The summed E-state index contributed by atoms with van der Waals surface area (Å²) in [6, 6.07) is 0. The summed E-state index contributed by atoms with van der Waals surface area (Å²) in [7, 11) is 0. The molecule has 1 unspecified atom stereocenters. The van der Waals surface area contributed by atoms with Crippen LogP contribution in [0.4, 0.5) is 0 Å². The van der Waals surface area contributed by atoms with Crippen LogP contribution in [0.25, 0.3) is 0 Å². The van der Waals surface area contributed by atoms with Gasteiger partial charge in [-0.3, -0.25) is 0 Å². The van der Waals surface area contributed by atoms with Crippen molar-refractivity contribution in [2.45, 2.75) is 26.3 Å². The van der Waals surface area contributed by atoms with Crippen molar-refractivity contribution in [2.75, 3.05) is 0 Å². The van der Waals surface area contributed by atoms with E-state index in [0.29, 0.717) is 0 Å². The van der Waals surface area contributed by atoms with Crippen LogP contribution < -0.4 is 0 Å². The van der Waals surface area contributed by atoms with Crippen molar-refractivity contribution in [3.63, 3.8) is 0 Å². The lowest BCUT2D eigenvalue weighted by Crippen LogP contribution is -2.47. The fraction of sp³-hybridized carbons (Fsp3) is 0.500. The van der Waals surface area contributed by atoms with Gasteiger partial charge >= 0.3 is 11.7 Å². The number of hydrogen-bond donors (Lipinski definition) is 0. The van der Waals surface area contributed by atoms with E-state index in [0.717, 1.165) is 11.1 Å². The highest BCUT2D eigenvalue weighted by atomic mass is 35.9. The van der Waals surface area contributed by atoms with Crippen molar-refractivity contribution >= 4 is 67.1 Å². The summed E-state index contributed by atoms with van der Waals surface area (Å²) in [5.74, 6) is 0. The Bertz CT molecular complexity index is 339. The Hall–Kier alpha value is 1.36. The third kappa shape index (κ3) is 2.62. The molecule has 0 fully saturated rings. The zero-order valence-electron chi connectivity index (χ0n) is 8.54. The Kier molecular flexibility index (Phi) is 4.39. The highest BCUT2D eigenvalue weighted by molar-refractivity contribution is 8.02. The minimum atomic E-state index is -3.05. The summed E-state index contributed by atoms with van der Waals surface area (Å²) >= 11 is 30.7. The van der Waals surface area contributed by atoms with Crippen LogP contribution in [0.5, 0.6) is 0 Å². The molecule has 1 aliphatic carbocycles. The van der Waals surface area contributed by atoms with Gasteiger partial charge in [-0.1, -0.05) is 22.8 Å². The number of hydrogen-bond acceptors (Lipinski definition) is 0. The van der Waals surface area contributed by atoms with E-state index < -0.39 is 11.7 Å². The summed E-state index contributed by atoms with van der Waals surface area (Å²) < 4.78 is 0. The first kappa shape index (κ1) is 14.4. The SMILES string of the molecule is CC1=CC(C)=C(C)C1[Si](Cl)(Cl)[Si](Cl)(Cl)Cl. The summed E-state index contributed by atoms with van der Waals surface area (Å²) in [5, 5.41) is 0. The zero-order valence-corrected chi connectivity index (χ0v) is 14.3. The molecule has 0 amide bonds. The van der Waals surface area contributed by atoms with Gasteiger partial charge in [0.15, 0.2) is 0 Å². The smallest absolute Gasteiger partial charge is 0.144 e. The van der Waals surface area contributed by atoms with Gasteiger partial charge in [0.2, 0.25) is 0 Å². The second kappa shape index (κ2) is 4.56. The molecule has 1 aliphatic rings. The zero-order chi connectivity index (χ0) is 12.0. The Morgan fingerprint density at radius 2 is 1.47 bits per heavy atom. The lowest BCUT2D eigenvalue weighted by Gasteiger charge is -2.30. The molecular weight excluding hydrogens is 330 g/mol. The van der Waals surface area contributed by atoms with Gasteiger partial charge in [-0.15, -0.1) is 55.4 Å². The van der Waals surface area contributed by atoms with Crippen LogP contribution in [-0.4, -0.2) is 11.7 Å². The average molecular weight is 341 g/mol. The quantitative estimate of drug-likeness (QED) is 0.472. The molecule has 0 spiro atoms. The molecule has 7 heteroatoms. The molecule has 0 bridgehead atoms. The summed E-state index contributed by atoms with van der Waals surface area (Å²) in [4.78, 5) is 0. The summed E-state index contributed by atoms with van der Waals surface area (Å²) in [6.45, 7) is 6.02. The first-order chi connectivity index (χ1) is 6.59. The molecule has 0 nitrogen and oxygen atoms in total. The first-order valence-electron chi connectivity index (χ1n) is 4.39. The van der Waals surface area contributed by atoms with E-state index in [2.05, 4.69) is 6.08 Å². The van der Waals surface area contributed by atoms with Crippen LogP contribution in [-0.2, 0) is 0 Å². The Labute approximate surface area is 116 Å². The highest BCUT2D eigenvalue weighted by Crippen LogP contribution is 2.53. The fourth-order valence-corrected chi connectivity index (χ4v) is 10.9. The molecule has 0 saturated carbocycles. The van der Waals surface area contributed by atoms with Crippen LogP contribution in [0, 0.1) is 0 Å². The molecule has 0 heterocycles. The van der Waals surface area contributed by atoms with Gasteiger partial charge in [-0.05, 0) is 20.8 Å². The Morgan fingerprint density at radius 3 is 1.73 bits per heavy atom.